The quantitative estimate of drug-likeness (QED) is 0.334. The molecule has 0 saturated carbocycles. The molecule has 1 saturated heterocycles. The van der Waals surface area contributed by atoms with Crippen molar-refractivity contribution >= 4 is 11.5 Å². The standard InChI is InChI=1S/C28H39N7O/c1-34(17-3-13-29)18-4-14-31-27-21-26(22-7-11-25(36-2)12-8-22)32-28(33-27)23-5-9-24(10-6-23)35-19-15-30-16-20-35/h5-12,21,30H,3-4,13-20,29H2,1-2H3,(H,31,32,33). The number of methoxy groups -OCH3 is 1. The fourth-order valence-corrected chi connectivity index (χ4v) is 4.36. The van der Waals surface area contributed by atoms with Gasteiger partial charge < -0.3 is 30.9 Å². The molecule has 2 heterocycles. The Morgan fingerprint density at radius 2 is 1.67 bits per heavy atom. The number of anilines is 2. The van der Waals surface area contributed by atoms with Crippen molar-refractivity contribution in [2.75, 3.05) is 76.7 Å². The number of benzene rings is 2. The van der Waals surface area contributed by atoms with Crippen LogP contribution in [-0.2, 0) is 0 Å². The molecule has 192 valence electrons. The molecular weight excluding hydrogens is 450 g/mol. The first-order valence-corrected chi connectivity index (χ1v) is 12.9. The molecule has 8 heteroatoms. The maximum absolute atomic E-state index is 5.63. The van der Waals surface area contributed by atoms with E-state index in [2.05, 4.69) is 51.7 Å². The third kappa shape index (κ3) is 7.16. The predicted molar refractivity (Wildman–Crippen MR) is 149 cm³/mol. The molecule has 36 heavy (non-hydrogen) atoms. The zero-order valence-electron chi connectivity index (χ0n) is 21.5. The number of piperazine rings is 1. The lowest BCUT2D eigenvalue weighted by Crippen LogP contribution is -2.43. The molecule has 0 amide bonds. The largest absolute Gasteiger partial charge is 0.497 e. The van der Waals surface area contributed by atoms with Crippen molar-refractivity contribution in [2.24, 2.45) is 5.73 Å². The SMILES string of the molecule is COc1ccc(-c2cc(NCCCN(C)CCCN)nc(-c3ccc(N4CCNCC4)cc3)n2)cc1. The average Bonchev–Trinajstić information content (AvgIpc) is 2.94. The van der Waals surface area contributed by atoms with Crippen LogP contribution in [0, 0.1) is 0 Å². The Balaban J connectivity index is 1.52. The molecule has 1 aliphatic heterocycles. The van der Waals surface area contributed by atoms with E-state index in [1.165, 1.54) is 5.69 Å². The highest BCUT2D eigenvalue weighted by Gasteiger charge is 2.13. The molecule has 4 N–H and O–H groups in total. The molecule has 0 aliphatic carbocycles. The van der Waals surface area contributed by atoms with Crippen molar-refractivity contribution in [3.63, 3.8) is 0 Å². The van der Waals surface area contributed by atoms with Crippen molar-refractivity contribution in [3.8, 4) is 28.4 Å². The first-order chi connectivity index (χ1) is 17.7. The summed E-state index contributed by atoms with van der Waals surface area (Å²) in [6.45, 7) is 7.71. The summed E-state index contributed by atoms with van der Waals surface area (Å²) in [6.07, 6.45) is 2.05. The van der Waals surface area contributed by atoms with E-state index in [1.807, 2.05) is 30.3 Å². The highest BCUT2D eigenvalue weighted by atomic mass is 16.5. The van der Waals surface area contributed by atoms with Gasteiger partial charge in [0.1, 0.15) is 11.6 Å². The average molecular weight is 490 g/mol. The van der Waals surface area contributed by atoms with E-state index < -0.39 is 0 Å². The van der Waals surface area contributed by atoms with Crippen LogP contribution < -0.4 is 26.0 Å². The van der Waals surface area contributed by atoms with Gasteiger partial charge in [-0.05, 0) is 88.1 Å². The summed E-state index contributed by atoms with van der Waals surface area (Å²) in [7, 11) is 3.82. The fourth-order valence-electron chi connectivity index (χ4n) is 4.36. The lowest BCUT2D eigenvalue weighted by Gasteiger charge is -2.29. The molecule has 3 aromatic rings. The Kier molecular flexibility index (Phi) is 9.49. The highest BCUT2D eigenvalue weighted by molar-refractivity contribution is 5.69. The van der Waals surface area contributed by atoms with E-state index in [4.69, 9.17) is 20.4 Å². The number of hydrogen-bond donors (Lipinski definition) is 3. The number of rotatable bonds is 12. The van der Waals surface area contributed by atoms with E-state index in [-0.39, 0.29) is 0 Å². The Morgan fingerprint density at radius 3 is 2.36 bits per heavy atom. The van der Waals surface area contributed by atoms with Gasteiger partial charge in [-0.1, -0.05) is 0 Å². The fraction of sp³-hybridized carbons (Fsp3) is 0.429. The number of ether oxygens (including phenoxy) is 1. The van der Waals surface area contributed by atoms with Crippen LogP contribution in [-0.4, -0.2) is 81.4 Å². The predicted octanol–water partition coefficient (Wildman–Crippen LogP) is 3.31. The summed E-state index contributed by atoms with van der Waals surface area (Å²) in [6, 6.07) is 18.6. The maximum Gasteiger partial charge on any atom is 0.162 e. The summed E-state index contributed by atoms with van der Waals surface area (Å²) in [4.78, 5) is 14.5. The lowest BCUT2D eigenvalue weighted by atomic mass is 10.1. The Morgan fingerprint density at radius 1 is 0.972 bits per heavy atom. The third-order valence-electron chi connectivity index (χ3n) is 6.49. The summed E-state index contributed by atoms with van der Waals surface area (Å²) >= 11 is 0. The minimum Gasteiger partial charge on any atom is -0.497 e. The van der Waals surface area contributed by atoms with Crippen LogP contribution in [0.4, 0.5) is 11.5 Å². The van der Waals surface area contributed by atoms with Gasteiger partial charge in [-0.25, -0.2) is 9.97 Å². The molecule has 0 spiro atoms. The Hall–Kier alpha value is -3.20. The van der Waals surface area contributed by atoms with E-state index in [9.17, 15) is 0 Å². The molecule has 4 rings (SSSR count). The van der Waals surface area contributed by atoms with Gasteiger partial charge >= 0.3 is 0 Å². The van der Waals surface area contributed by atoms with Crippen molar-refractivity contribution in [3.05, 3.63) is 54.6 Å². The zero-order chi connectivity index (χ0) is 25.2. The van der Waals surface area contributed by atoms with Crippen LogP contribution in [0.1, 0.15) is 12.8 Å². The number of nitrogens with two attached hydrogens (primary N) is 1. The van der Waals surface area contributed by atoms with Gasteiger partial charge in [0.2, 0.25) is 0 Å². The third-order valence-corrected chi connectivity index (χ3v) is 6.49. The van der Waals surface area contributed by atoms with E-state index in [0.29, 0.717) is 0 Å². The van der Waals surface area contributed by atoms with E-state index in [0.717, 1.165) is 99.4 Å². The molecule has 0 radical (unpaired) electrons. The lowest BCUT2D eigenvalue weighted by molar-refractivity contribution is 0.330. The van der Waals surface area contributed by atoms with E-state index >= 15 is 0 Å². The van der Waals surface area contributed by atoms with Crippen LogP contribution >= 0.6 is 0 Å². The molecule has 2 aromatic carbocycles. The molecular formula is C28H39N7O. The van der Waals surface area contributed by atoms with Gasteiger partial charge in [0.05, 0.1) is 12.8 Å². The van der Waals surface area contributed by atoms with Gasteiger partial charge in [-0.15, -0.1) is 0 Å². The zero-order valence-corrected chi connectivity index (χ0v) is 21.5. The minimum atomic E-state index is 0.720. The Bertz CT molecular complexity index is 1070. The second-order valence-electron chi connectivity index (χ2n) is 9.20. The van der Waals surface area contributed by atoms with Gasteiger partial charge in [-0.2, -0.15) is 0 Å². The van der Waals surface area contributed by atoms with Crippen molar-refractivity contribution in [2.45, 2.75) is 12.8 Å². The van der Waals surface area contributed by atoms with E-state index in [1.54, 1.807) is 7.11 Å². The highest BCUT2D eigenvalue weighted by Crippen LogP contribution is 2.27. The molecule has 8 nitrogen and oxygen atoms in total. The normalized spacial score (nSPS) is 13.7. The monoisotopic (exact) mass is 489 g/mol. The summed E-state index contributed by atoms with van der Waals surface area (Å²) in [5.74, 6) is 2.38. The second kappa shape index (κ2) is 13.2. The van der Waals surface area contributed by atoms with Crippen molar-refractivity contribution in [1.82, 2.24) is 20.2 Å². The minimum absolute atomic E-state index is 0.720. The maximum atomic E-state index is 5.63. The van der Waals surface area contributed by atoms with Crippen molar-refractivity contribution in [1.29, 1.82) is 0 Å². The first kappa shape index (κ1) is 25.9. The molecule has 1 fully saturated rings. The summed E-state index contributed by atoms with van der Waals surface area (Å²) in [5.41, 5.74) is 9.79. The number of nitrogens with one attached hydrogen (secondary N) is 2. The summed E-state index contributed by atoms with van der Waals surface area (Å²) < 4.78 is 5.33. The number of nitrogens with zero attached hydrogens (tertiary/aromatic N) is 4. The molecule has 1 aromatic heterocycles. The van der Waals surface area contributed by atoms with Gasteiger partial charge in [-0.3, -0.25) is 0 Å². The first-order valence-electron chi connectivity index (χ1n) is 12.9. The number of hydrogen-bond acceptors (Lipinski definition) is 8. The molecule has 0 bridgehead atoms. The second-order valence-corrected chi connectivity index (χ2v) is 9.20. The van der Waals surface area contributed by atoms with Crippen LogP contribution in [0.25, 0.3) is 22.6 Å². The van der Waals surface area contributed by atoms with Crippen LogP contribution in [0.3, 0.4) is 0 Å². The molecule has 1 aliphatic rings. The molecule has 0 atom stereocenters. The number of aromatic nitrogens is 2. The smallest absolute Gasteiger partial charge is 0.162 e. The Labute approximate surface area is 214 Å². The molecule has 0 unspecified atom stereocenters. The summed E-state index contributed by atoms with van der Waals surface area (Å²) in [5, 5.41) is 6.93. The van der Waals surface area contributed by atoms with Gasteiger partial charge in [0.25, 0.3) is 0 Å². The van der Waals surface area contributed by atoms with Crippen LogP contribution in [0.5, 0.6) is 5.75 Å². The van der Waals surface area contributed by atoms with Gasteiger partial charge in [0, 0.05) is 55.6 Å². The van der Waals surface area contributed by atoms with Crippen molar-refractivity contribution < 1.29 is 4.74 Å². The van der Waals surface area contributed by atoms with Gasteiger partial charge in [0.15, 0.2) is 5.82 Å². The van der Waals surface area contributed by atoms with Crippen LogP contribution in [0.2, 0.25) is 0 Å². The topological polar surface area (TPSA) is 91.6 Å². The van der Waals surface area contributed by atoms with Crippen LogP contribution in [0.15, 0.2) is 54.6 Å².